The lowest BCUT2D eigenvalue weighted by Crippen LogP contribution is -2.30. The highest BCUT2D eigenvalue weighted by atomic mass is 16.6. The van der Waals surface area contributed by atoms with Gasteiger partial charge in [0.2, 0.25) is 0 Å². The maximum Gasteiger partial charge on any atom is 0.306 e. The third kappa shape index (κ3) is 47.9. The molecule has 0 bridgehead atoms. The highest BCUT2D eigenvalue weighted by Crippen LogP contribution is 2.14. The lowest BCUT2D eigenvalue weighted by atomic mass is 10.0. The maximum atomic E-state index is 12.8. The predicted octanol–water partition coefficient (Wildman–Crippen LogP) is 17.0. The number of ether oxygens (including phenoxy) is 3. The van der Waals surface area contributed by atoms with Gasteiger partial charge in [-0.2, -0.15) is 0 Å². The standard InChI is InChI=1S/C56H96O6/c1-4-7-10-13-16-19-22-25-27-28-29-32-34-37-40-43-46-49-55(58)61-52-53(51-60-54(57)48-45-42-39-36-33-30-24-21-18-15-12-9-6-3)62-56(59)50-47-44-41-38-35-31-26-23-20-17-14-11-8-5-2/h8,11,17,20,25-27,29,31-32,37,40,53H,4-7,9-10,12-16,18-19,21-24,28,30,33-36,38-39,41-52H2,1-3H3/b11-8-,20-17-,27-25-,31-26-,32-29-,40-37-. The lowest BCUT2D eigenvalue weighted by molar-refractivity contribution is -0.167. The molecule has 0 saturated carbocycles. The van der Waals surface area contributed by atoms with Gasteiger partial charge < -0.3 is 14.2 Å². The van der Waals surface area contributed by atoms with Gasteiger partial charge in [0.1, 0.15) is 13.2 Å². The number of allylic oxidation sites excluding steroid dienone is 12. The summed E-state index contributed by atoms with van der Waals surface area (Å²) in [5.74, 6) is -0.974. The third-order valence-electron chi connectivity index (χ3n) is 10.9. The number of hydrogen-bond acceptors (Lipinski definition) is 6. The van der Waals surface area contributed by atoms with E-state index in [1.54, 1.807) is 0 Å². The van der Waals surface area contributed by atoms with Gasteiger partial charge in [0, 0.05) is 19.3 Å². The van der Waals surface area contributed by atoms with Crippen molar-refractivity contribution in [3.8, 4) is 0 Å². The van der Waals surface area contributed by atoms with Crippen LogP contribution in [0.4, 0.5) is 0 Å². The SMILES string of the molecule is CC/C=C\C/C=C\C/C=C\CCCCCCC(=O)OC(COC(=O)CCC/C=C\C/C=C\C/C=C\CCCCCCCC)COC(=O)CCCCCCCCCCCCCCC. The Morgan fingerprint density at radius 1 is 0.339 bits per heavy atom. The Labute approximate surface area is 382 Å². The average Bonchev–Trinajstić information content (AvgIpc) is 3.27. The zero-order valence-electron chi connectivity index (χ0n) is 40.6. The molecule has 0 rings (SSSR count). The largest absolute Gasteiger partial charge is 0.462 e. The second-order valence-corrected chi connectivity index (χ2v) is 17.1. The molecule has 356 valence electrons. The zero-order valence-corrected chi connectivity index (χ0v) is 40.6. The van der Waals surface area contributed by atoms with Gasteiger partial charge in [-0.3, -0.25) is 14.4 Å². The van der Waals surface area contributed by atoms with Crippen molar-refractivity contribution in [2.75, 3.05) is 13.2 Å². The Morgan fingerprint density at radius 3 is 1.05 bits per heavy atom. The summed E-state index contributed by atoms with van der Waals surface area (Å²) in [7, 11) is 0. The van der Waals surface area contributed by atoms with Crippen molar-refractivity contribution in [2.45, 2.75) is 252 Å². The normalized spacial score (nSPS) is 12.6. The molecule has 0 spiro atoms. The molecule has 0 aromatic heterocycles. The molecule has 6 nitrogen and oxygen atoms in total. The number of carbonyl (C=O) groups excluding carboxylic acids is 3. The Morgan fingerprint density at radius 2 is 0.645 bits per heavy atom. The van der Waals surface area contributed by atoms with Crippen LogP contribution in [0.1, 0.15) is 245 Å². The van der Waals surface area contributed by atoms with Crippen LogP contribution in [0.3, 0.4) is 0 Å². The predicted molar refractivity (Wildman–Crippen MR) is 265 cm³/mol. The van der Waals surface area contributed by atoms with Crippen LogP contribution < -0.4 is 0 Å². The number of carbonyl (C=O) groups is 3. The molecule has 0 aliphatic carbocycles. The molecular weight excluding hydrogens is 769 g/mol. The molecular formula is C56H96O6. The molecule has 0 saturated heterocycles. The first kappa shape index (κ1) is 58.9. The van der Waals surface area contributed by atoms with Crippen LogP contribution in [0, 0.1) is 0 Å². The number of hydrogen-bond donors (Lipinski definition) is 0. The molecule has 1 unspecified atom stereocenters. The van der Waals surface area contributed by atoms with E-state index in [0.29, 0.717) is 19.3 Å². The molecule has 0 aromatic rings. The van der Waals surface area contributed by atoms with Crippen LogP contribution in [-0.2, 0) is 28.6 Å². The molecule has 0 aliphatic heterocycles. The Kier molecular flexibility index (Phi) is 47.9. The monoisotopic (exact) mass is 865 g/mol. The van der Waals surface area contributed by atoms with Crippen molar-refractivity contribution in [3.63, 3.8) is 0 Å². The van der Waals surface area contributed by atoms with Crippen molar-refractivity contribution in [3.05, 3.63) is 72.9 Å². The fourth-order valence-corrected chi connectivity index (χ4v) is 7.06. The van der Waals surface area contributed by atoms with Crippen LogP contribution in [0.2, 0.25) is 0 Å². The molecule has 0 aliphatic rings. The van der Waals surface area contributed by atoms with E-state index in [4.69, 9.17) is 14.2 Å². The van der Waals surface area contributed by atoms with E-state index in [0.717, 1.165) is 89.9 Å². The first-order valence-electron chi connectivity index (χ1n) is 25.9. The van der Waals surface area contributed by atoms with Gasteiger partial charge in [-0.05, 0) is 83.5 Å². The van der Waals surface area contributed by atoms with E-state index in [9.17, 15) is 14.4 Å². The second-order valence-electron chi connectivity index (χ2n) is 17.1. The van der Waals surface area contributed by atoms with E-state index in [2.05, 4.69) is 93.7 Å². The molecule has 0 fully saturated rings. The van der Waals surface area contributed by atoms with Crippen LogP contribution in [0.25, 0.3) is 0 Å². The molecule has 6 heteroatoms. The minimum atomic E-state index is -0.805. The Balaban J connectivity index is 4.48. The minimum Gasteiger partial charge on any atom is -0.462 e. The Bertz CT molecular complexity index is 1180. The van der Waals surface area contributed by atoms with E-state index in [-0.39, 0.29) is 37.5 Å². The maximum absolute atomic E-state index is 12.8. The van der Waals surface area contributed by atoms with E-state index < -0.39 is 6.10 Å². The summed E-state index contributed by atoms with van der Waals surface area (Å²) in [6.45, 7) is 6.46. The highest BCUT2D eigenvalue weighted by molar-refractivity contribution is 5.71. The van der Waals surface area contributed by atoms with Gasteiger partial charge in [-0.25, -0.2) is 0 Å². The fourth-order valence-electron chi connectivity index (χ4n) is 7.06. The summed E-state index contributed by atoms with van der Waals surface area (Å²) >= 11 is 0. The van der Waals surface area contributed by atoms with Crippen molar-refractivity contribution in [1.82, 2.24) is 0 Å². The van der Waals surface area contributed by atoms with Gasteiger partial charge >= 0.3 is 17.9 Å². The summed E-state index contributed by atoms with van der Waals surface area (Å²) < 4.78 is 16.7. The van der Waals surface area contributed by atoms with Crippen LogP contribution in [0.5, 0.6) is 0 Å². The van der Waals surface area contributed by atoms with Gasteiger partial charge in [-0.1, -0.05) is 216 Å². The fraction of sp³-hybridized carbons (Fsp3) is 0.732. The number of esters is 3. The quantitative estimate of drug-likeness (QED) is 0.0262. The lowest BCUT2D eigenvalue weighted by Gasteiger charge is -2.18. The van der Waals surface area contributed by atoms with Crippen molar-refractivity contribution >= 4 is 17.9 Å². The van der Waals surface area contributed by atoms with Crippen LogP contribution in [0.15, 0.2) is 72.9 Å². The third-order valence-corrected chi connectivity index (χ3v) is 10.9. The van der Waals surface area contributed by atoms with Gasteiger partial charge in [0.15, 0.2) is 6.10 Å². The molecule has 0 N–H and O–H groups in total. The molecule has 62 heavy (non-hydrogen) atoms. The van der Waals surface area contributed by atoms with Gasteiger partial charge in [0.25, 0.3) is 0 Å². The second kappa shape index (κ2) is 50.5. The molecule has 0 amide bonds. The number of unbranched alkanes of at least 4 members (excludes halogenated alkanes) is 23. The highest BCUT2D eigenvalue weighted by Gasteiger charge is 2.19. The molecule has 1 atom stereocenters. The van der Waals surface area contributed by atoms with Gasteiger partial charge in [-0.15, -0.1) is 0 Å². The summed E-state index contributed by atoms with van der Waals surface area (Å²) in [5.41, 5.74) is 0. The molecule has 0 radical (unpaired) electrons. The van der Waals surface area contributed by atoms with E-state index in [1.165, 1.54) is 109 Å². The van der Waals surface area contributed by atoms with Crippen LogP contribution >= 0.6 is 0 Å². The summed E-state index contributed by atoms with van der Waals surface area (Å²) in [6, 6.07) is 0. The minimum absolute atomic E-state index is 0.0988. The molecule has 0 aromatic carbocycles. The smallest absolute Gasteiger partial charge is 0.306 e. The van der Waals surface area contributed by atoms with Gasteiger partial charge in [0.05, 0.1) is 0 Å². The van der Waals surface area contributed by atoms with Crippen molar-refractivity contribution in [1.29, 1.82) is 0 Å². The topological polar surface area (TPSA) is 78.9 Å². The summed E-state index contributed by atoms with van der Waals surface area (Å²) in [5, 5.41) is 0. The summed E-state index contributed by atoms with van der Waals surface area (Å²) in [6.07, 6.45) is 63.2. The summed E-state index contributed by atoms with van der Waals surface area (Å²) in [4.78, 5) is 37.9. The molecule has 0 heterocycles. The van der Waals surface area contributed by atoms with Crippen molar-refractivity contribution < 1.29 is 28.6 Å². The zero-order chi connectivity index (χ0) is 45.1. The first-order chi connectivity index (χ1) is 30.5. The van der Waals surface area contributed by atoms with Crippen LogP contribution in [-0.4, -0.2) is 37.2 Å². The first-order valence-corrected chi connectivity index (χ1v) is 25.9. The average molecular weight is 865 g/mol. The Hall–Kier alpha value is -3.15. The van der Waals surface area contributed by atoms with E-state index in [1.807, 2.05) is 0 Å². The van der Waals surface area contributed by atoms with Crippen molar-refractivity contribution in [2.24, 2.45) is 0 Å². The number of rotatable bonds is 46. The van der Waals surface area contributed by atoms with E-state index >= 15 is 0 Å².